The first-order chi connectivity index (χ1) is 14.4. The summed E-state index contributed by atoms with van der Waals surface area (Å²) in [4.78, 5) is 47.9. The first-order valence-corrected chi connectivity index (χ1v) is 9.12. The number of amides is 1. The average Bonchev–Trinajstić information content (AvgIpc) is 2.69. The third kappa shape index (κ3) is 7.55. The number of hydrogen-bond donors (Lipinski definition) is 3. The lowest BCUT2D eigenvalue weighted by Crippen LogP contribution is -2.51. The van der Waals surface area contributed by atoms with Gasteiger partial charge in [-0.15, -0.1) is 0 Å². The van der Waals surface area contributed by atoms with Crippen LogP contribution in [0.2, 0.25) is 0 Å². The molecule has 0 unspecified atom stereocenters. The van der Waals surface area contributed by atoms with Gasteiger partial charge >= 0.3 is 24.1 Å². The maximum Gasteiger partial charge on any atom is 0.416 e. The molecule has 0 saturated carbocycles. The number of aliphatic hydroxyl groups excluding tert-OH is 1. The summed E-state index contributed by atoms with van der Waals surface area (Å²) in [6.07, 6.45) is -7.38. The molecule has 3 N–H and O–H groups in total. The van der Waals surface area contributed by atoms with Crippen LogP contribution in [0, 0.1) is 5.92 Å². The van der Waals surface area contributed by atoms with E-state index in [0.717, 1.165) is 12.1 Å². The number of ether oxygens (including phenoxy) is 2. The van der Waals surface area contributed by atoms with Crippen molar-refractivity contribution >= 4 is 23.8 Å². The molecular formula is C19H22F3NO8. The molecule has 1 aromatic rings. The molecule has 0 radical (unpaired) electrons. The van der Waals surface area contributed by atoms with Gasteiger partial charge < -0.3 is 25.0 Å². The van der Waals surface area contributed by atoms with E-state index in [2.05, 4.69) is 0 Å². The van der Waals surface area contributed by atoms with Gasteiger partial charge in [0.25, 0.3) is 5.91 Å². The Labute approximate surface area is 175 Å². The van der Waals surface area contributed by atoms with E-state index in [0.29, 0.717) is 12.1 Å². The molecule has 1 amide bonds. The Balaban J connectivity index is 3.06. The Bertz CT molecular complexity index is 794. The van der Waals surface area contributed by atoms with E-state index in [-0.39, 0.29) is 18.8 Å². The summed E-state index contributed by atoms with van der Waals surface area (Å²) in [5.41, 5.74) is -1.25. The number of carboxylic acids is 1. The third-order valence-corrected chi connectivity index (χ3v) is 4.05. The predicted molar refractivity (Wildman–Crippen MR) is 97.3 cm³/mol. The van der Waals surface area contributed by atoms with E-state index >= 15 is 0 Å². The number of carbonyl (C=O) groups is 4. The van der Waals surface area contributed by atoms with E-state index in [1.54, 1.807) is 0 Å². The quantitative estimate of drug-likeness (QED) is 0.456. The van der Waals surface area contributed by atoms with Crippen LogP contribution in [0.1, 0.15) is 37.5 Å². The highest BCUT2D eigenvalue weighted by Crippen LogP contribution is 2.30. The Hall–Kier alpha value is -3.15. The molecule has 172 valence electrons. The van der Waals surface area contributed by atoms with Crippen molar-refractivity contribution in [1.29, 1.82) is 0 Å². The van der Waals surface area contributed by atoms with E-state index in [9.17, 15) is 42.6 Å². The minimum Gasteiger partial charge on any atom is -0.480 e. The van der Waals surface area contributed by atoms with Gasteiger partial charge in [0.05, 0.1) is 31.1 Å². The van der Waals surface area contributed by atoms with Crippen LogP contribution in [0.25, 0.3) is 0 Å². The molecule has 12 heteroatoms. The van der Waals surface area contributed by atoms with Gasteiger partial charge in [0.15, 0.2) is 6.10 Å². The van der Waals surface area contributed by atoms with Gasteiger partial charge in [-0.3, -0.25) is 14.4 Å². The number of benzene rings is 1. The molecular weight excluding hydrogens is 427 g/mol. The Morgan fingerprint density at radius 2 is 1.58 bits per heavy atom. The van der Waals surface area contributed by atoms with Gasteiger partial charge in [0.2, 0.25) is 0 Å². The molecule has 0 aliphatic carbocycles. The number of carboxylic acid groups (broad SMARTS) is 1. The van der Waals surface area contributed by atoms with Gasteiger partial charge in [-0.1, -0.05) is 12.1 Å². The largest absolute Gasteiger partial charge is 0.480 e. The minimum atomic E-state index is -4.62. The summed E-state index contributed by atoms with van der Waals surface area (Å²) in [5, 5.41) is 21.5. The van der Waals surface area contributed by atoms with Crippen LogP contribution in [0.5, 0.6) is 0 Å². The third-order valence-electron chi connectivity index (χ3n) is 4.05. The number of aliphatic carboxylic acids is 1. The summed E-state index contributed by atoms with van der Waals surface area (Å²) in [7, 11) is 0. The molecule has 9 nitrogen and oxygen atoms in total. The van der Waals surface area contributed by atoms with Crippen LogP contribution < -0.4 is 5.32 Å². The molecule has 3 atom stereocenters. The number of halogens is 3. The number of hydrogen-bond acceptors (Lipinski definition) is 7. The summed E-state index contributed by atoms with van der Waals surface area (Å²) < 4.78 is 47.4. The van der Waals surface area contributed by atoms with Crippen molar-refractivity contribution in [2.24, 2.45) is 5.92 Å². The van der Waals surface area contributed by atoms with Crippen molar-refractivity contribution in [2.75, 3.05) is 13.2 Å². The molecule has 0 aliphatic heterocycles. The molecule has 0 heterocycles. The van der Waals surface area contributed by atoms with Gasteiger partial charge in [-0.2, -0.15) is 13.2 Å². The smallest absolute Gasteiger partial charge is 0.416 e. The zero-order valence-electron chi connectivity index (χ0n) is 16.6. The molecule has 1 rings (SSSR count). The van der Waals surface area contributed by atoms with E-state index in [1.807, 2.05) is 5.32 Å². The fourth-order valence-electron chi connectivity index (χ4n) is 2.56. The van der Waals surface area contributed by atoms with Gasteiger partial charge in [-0.25, -0.2) is 4.79 Å². The highest BCUT2D eigenvalue weighted by molar-refractivity contribution is 5.92. The summed E-state index contributed by atoms with van der Waals surface area (Å²) in [6, 6.07) is 1.01. The van der Waals surface area contributed by atoms with E-state index in [4.69, 9.17) is 9.47 Å². The highest BCUT2D eigenvalue weighted by atomic mass is 19.4. The first kappa shape index (κ1) is 25.9. The van der Waals surface area contributed by atoms with Crippen molar-refractivity contribution in [1.82, 2.24) is 5.32 Å². The first-order valence-electron chi connectivity index (χ1n) is 9.12. The SMILES string of the molecule is CCOC(=O)C[C@@H](C(=O)OCC)[C@H](NC(=O)[C@@H](O)c1ccc(C(F)(F)F)cc1)C(=O)O. The van der Waals surface area contributed by atoms with Crippen molar-refractivity contribution < 1.29 is 52.0 Å². The Kier molecular flexibility index (Phi) is 9.43. The van der Waals surface area contributed by atoms with Crippen LogP contribution in [-0.4, -0.2) is 53.3 Å². The second-order valence-corrected chi connectivity index (χ2v) is 6.21. The predicted octanol–water partition coefficient (Wildman–Crippen LogP) is 1.44. The number of alkyl halides is 3. The fraction of sp³-hybridized carbons (Fsp3) is 0.474. The number of carbonyl (C=O) groups excluding carboxylic acids is 3. The van der Waals surface area contributed by atoms with Crippen molar-refractivity contribution in [3.8, 4) is 0 Å². The average molecular weight is 449 g/mol. The van der Waals surface area contributed by atoms with Crippen LogP contribution in [0.3, 0.4) is 0 Å². The molecule has 0 aliphatic rings. The zero-order valence-corrected chi connectivity index (χ0v) is 16.6. The lowest BCUT2D eigenvalue weighted by atomic mass is 9.95. The standard InChI is InChI=1S/C19H22F3NO8/c1-3-30-13(24)9-12(18(29)31-4-2)14(17(27)28)23-16(26)15(25)10-5-7-11(8-6-10)19(20,21)22/h5-8,12,14-15,25H,3-4,9H2,1-2H3,(H,23,26)(H,27,28)/t12-,14+,15+/m1/s1. The van der Waals surface area contributed by atoms with Crippen LogP contribution in [0.4, 0.5) is 13.2 Å². The Morgan fingerprint density at radius 3 is 2.03 bits per heavy atom. The van der Waals surface area contributed by atoms with Crippen LogP contribution in [-0.2, 0) is 34.8 Å². The normalized spacial score (nSPS) is 14.1. The van der Waals surface area contributed by atoms with Gasteiger partial charge in [0.1, 0.15) is 6.04 Å². The minimum absolute atomic E-state index is 0.0366. The molecule has 1 aromatic carbocycles. The number of rotatable bonds is 10. The number of aliphatic hydroxyl groups is 1. The van der Waals surface area contributed by atoms with Gasteiger partial charge in [0, 0.05) is 0 Å². The number of nitrogens with one attached hydrogen (secondary N) is 1. The maximum atomic E-state index is 12.6. The second kappa shape index (κ2) is 11.3. The molecule has 0 spiro atoms. The maximum absolute atomic E-state index is 12.6. The topological polar surface area (TPSA) is 139 Å². The zero-order chi connectivity index (χ0) is 23.8. The summed E-state index contributed by atoms with van der Waals surface area (Å²) in [6.45, 7) is 2.77. The Morgan fingerprint density at radius 1 is 1.03 bits per heavy atom. The monoisotopic (exact) mass is 449 g/mol. The molecule has 0 saturated heterocycles. The van der Waals surface area contributed by atoms with E-state index < -0.39 is 60.0 Å². The summed E-state index contributed by atoms with van der Waals surface area (Å²) >= 11 is 0. The van der Waals surface area contributed by atoms with Crippen molar-refractivity contribution in [3.63, 3.8) is 0 Å². The second-order valence-electron chi connectivity index (χ2n) is 6.21. The summed E-state index contributed by atoms with van der Waals surface area (Å²) in [5.74, 6) is -6.67. The van der Waals surface area contributed by atoms with Crippen LogP contribution in [0.15, 0.2) is 24.3 Å². The molecule has 0 fully saturated rings. The number of esters is 2. The fourth-order valence-corrected chi connectivity index (χ4v) is 2.56. The van der Waals surface area contributed by atoms with E-state index in [1.165, 1.54) is 13.8 Å². The lowest BCUT2D eigenvalue weighted by molar-refractivity contribution is -0.160. The van der Waals surface area contributed by atoms with Gasteiger partial charge in [-0.05, 0) is 31.5 Å². The van der Waals surface area contributed by atoms with Crippen molar-refractivity contribution in [2.45, 2.75) is 38.6 Å². The van der Waals surface area contributed by atoms with Crippen LogP contribution >= 0.6 is 0 Å². The van der Waals surface area contributed by atoms with Crippen molar-refractivity contribution in [3.05, 3.63) is 35.4 Å². The molecule has 31 heavy (non-hydrogen) atoms. The highest BCUT2D eigenvalue weighted by Gasteiger charge is 2.39. The lowest BCUT2D eigenvalue weighted by Gasteiger charge is -2.24. The molecule has 0 aromatic heterocycles. The molecule has 0 bridgehead atoms.